The first-order valence-electron chi connectivity index (χ1n) is 6.68. The molecule has 1 saturated carbocycles. The molecule has 0 heterocycles. The van der Waals surface area contributed by atoms with Crippen LogP contribution in [0.15, 0.2) is 60.7 Å². The zero-order valence-electron chi connectivity index (χ0n) is 10.7. The normalized spacial score (nSPS) is 24.1. The van der Waals surface area contributed by atoms with Crippen LogP contribution in [0.2, 0.25) is 0 Å². The van der Waals surface area contributed by atoms with Crippen LogP contribution in [-0.2, 0) is 5.41 Å². The summed E-state index contributed by atoms with van der Waals surface area (Å²) in [5.41, 5.74) is 2.13. The molecule has 3 rings (SSSR count). The fraction of sp³-hybridized carbons (Fsp3) is 0.294. The summed E-state index contributed by atoms with van der Waals surface area (Å²) >= 11 is 0. The second-order valence-electron chi connectivity index (χ2n) is 5.18. The molecule has 2 aromatic rings. The maximum absolute atomic E-state index is 9.65. The molecule has 2 unspecified atom stereocenters. The fourth-order valence-corrected chi connectivity index (χ4v) is 3.53. The SMILES string of the molecule is OCC1C(CO)C1(c1ccccc1)c1ccccc1. The van der Waals surface area contributed by atoms with Crippen LogP contribution in [0.1, 0.15) is 11.1 Å². The van der Waals surface area contributed by atoms with E-state index >= 15 is 0 Å². The zero-order chi connectivity index (χ0) is 13.3. The molecule has 2 atom stereocenters. The van der Waals surface area contributed by atoms with Crippen LogP contribution >= 0.6 is 0 Å². The van der Waals surface area contributed by atoms with Gasteiger partial charge in [-0.1, -0.05) is 60.7 Å². The van der Waals surface area contributed by atoms with Gasteiger partial charge in [-0.3, -0.25) is 0 Å². The Hall–Kier alpha value is -1.64. The largest absolute Gasteiger partial charge is 0.396 e. The second-order valence-corrected chi connectivity index (χ2v) is 5.18. The van der Waals surface area contributed by atoms with Crippen LogP contribution in [-0.4, -0.2) is 23.4 Å². The van der Waals surface area contributed by atoms with Crippen molar-refractivity contribution in [2.24, 2.45) is 11.8 Å². The Morgan fingerprint density at radius 3 is 1.37 bits per heavy atom. The van der Waals surface area contributed by atoms with Crippen molar-refractivity contribution in [2.45, 2.75) is 5.41 Å². The van der Waals surface area contributed by atoms with E-state index in [1.165, 1.54) is 11.1 Å². The summed E-state index contributed by atoms with van der Waals surface area (Å²) in [6.45, 7) is 0.212. The lowest BCUT2D eigenvalue weighted by Gasteiger charge is -2.19. The Labute approximate surface area is 113 Å². The molecule has 0 aromatic heterocycles. The lowest BCUT2D eigenvalue weighted by molar-refractivity contribution is 0.232. The summed E-state index contributed by atoms with van der Waals surface area (Å²) in [5, 5.41) is 19.3. The molecule has 0 saturated heterocycles. The van der Waals surface area contributed by atoms with Crippen LogP contribution < -0.4 is 0 Å². The Morgan fingerprint density at radius 1 is 0.684 bits per heavy atom. The summed E-state index contributed by atoms with van der Waals surface area (Å²) in [6.07, 6.45) is 0. The molecule has 98 valence electrons. The van der Waals surface area contributed by atoms with Crippen LogP contribution in [0.4, 0.5) is 0 Å². The molecule has 0 aliphatic heterocycles. The Morgan fingerprint density at radius 2 is 1.05 bits per heavy atom. The lowest BCUT2D eigenvalue weighted by atomic mass is 9.84. The van der Waals surface area contributed by atoms with Crippen molar-refractivity contribution in [1.82, 2.24) is 0 Å². The van der Waals surface area contributed by atoms with Gasteiger partial charge in [0.05, 0.1) is 0 Å². The van der Waals surface area contributed by atoms with Crippen LogP contribution in [0, 0.1) is 11.8 Å². The van der Waals surface area contributed by atoms with Gasteiger partial charge < -0.3 is 10.2 Å². The topological polar surface area (TPSA) is 40.5 Å². The molecule has 0 bridgehead atoms. The first-order valence-corrected chi connectivity index (χ1v) is 6.68. The molecule has 2 heteroatoms. The molecule has 2 nitrogen and oxygen atoms in total. The number of benzene rings is 2. The van der Waals surface area contributed by atoms with Gasteiger partial charge in [0, 0.05) is 30.5 Å². The average molecular weight is 254 g/mol. The highest BCUT2D eigenvalue weighted by atomic mass is 16.3. The summed E-state index contributed by atoms with van der Waals surface area (Å²) < 4.78 is 0. The van der Waals surface area contributed by atoms with Gasteiger partial charge in [0.1, 0.15) is 0 Å². The summed E-state index contributed by atoms with van der Waals surface area (Å²) in [6, 6.07) is 20.4. The number of hydrogen-bond acceptors (Lipinski definition) is 2. The molecule has 0 spiro atoms. The van der Waals surface area contributed by atoms with E-state index in [0.29, 0.717) is 0 Å². The van der Waals surface area contributed by atoms with Crippen molar-refractivity contribution < 1.29 is 10.2 Å². The number of rotatable bonds is 4. The minimum atomic E-state index is -0.230. The second kappa shape index (κ2) is 4.80. The molecule has 2 N–H and O–H groups in total. The van der Waals surface area contributed by atoms with Gasteiger partial charge >= 0.3 is 0 Å². The van der Waals surface area contributed by atoms with Gasteiger partial charge in [-0.15, -0.1) is 0 Å². The Kier molecular flexibility index (Phi) is 3.13. The standard InChI is InChI=1S/C17H18O2/c18-11-15-16(12-19)17(15,13-7-3-1-4-8-13)14-9-5-2-6-10-14/h1-10,15-16,18-19H,11-12H2. The third kappa shape index (κ3) is 1.71. The average Bonchev–Trinajstić information content (AvgIpc) is 3.18. The maximum atomic E-state index is 9.65. The molecule has 19 heavy (non-hydrogen) atoms. The highest BCUT2D eigenvalue weighted by Crippen LogP contribution is 2.63. The quantitative estimate of drug-likeness (QED) is 0.878. The van der Waals surface area contributed by atoms with Crippen molar-refractivity contribution in [1.29, 1.82) is 0 Å². The van der Waals surface area contributed by atoms with Gasteiger partial charge in [0.25, 0.3) is 0 Å². The highest BCUT2D eigenvalue weighted by Gasteiger charge is 2.65. The van der Waals surface area contributed by atoms with Crippen LogP contribution in [0.25, 0.3) is 0 Å². The van der Waals surface area contributed by atoms with Gasteiger partial charge in [-0.2, -0.15) is 0 Å². The lowest BCUT2D eigenvalue weighted by Crippen LogP contribution is -2.16. The number of aliphatic hydroxyl groups excluding tert-OH is 2. The first kappa shape index (κ1) is 12.4. The van der Waals surface area contributed by atoms with Crippen LogP contribution in [0.5, 0.6) is 0 Å². The number of hydrogen-bond donors (Lipinski definition) is 2. The van der Waals surface area contributed by atoms with Crippen molar-refractivity contribution in [3.05, 3.63) is 71.8 Å². The molecule has 1 fully saturated rings. The van der Waals surface area contributed by atoms with Crippen LogP contribution in [0.3, 0.4) is 0 Å². The Bertz CT molecular complexity index is 484. The van der Waals surface area contributed by atoms with Crippen molar-refractivity contribution in [3.8, 4) is 0 Å². The molecule has 2 aromatic carbocycles. The maximum Gasteiger partial charge on any atom is 0.0475 e. The van der Waals surface area contributed by atoms with E-state index in [1.54, 1.807) is 0 Å². The zero-order valence-corrected chi connectivity index (χ0v) is 10.7. The van der Waals surface area contributed by atoms with Crippen molar-refractivity contribution in [2.75, 3.05) is 13.2 Å². The van der Waals surface area contributed by atoms with E-state index < -0.39 is 0 Å². The molecular weight excluding hydrogens is 236 g/mol. The van der Waals surface area contributed by atoms with Gasteiger partial charge in [-0.25, -0.2) is 0 Å². The fourth-order valence-electron chi connectivity index (χ4n) is 3.53. The third-order valence-electron chi connectivity index (χ3n) is 4.44. The number of aliphatic hydroxyl groups is 2. The summed E-state index contributed by atoms with van der Waals surface area (Å²) in [7, 11) is 0. The minimum Gasteiger partial charge on any atom is -0.396 e. The van der Waals surface area contributed by atoms with E-state index in [0.717, 1.165) is 0 Å². The Balaban J connectivity index is 2.14. The van der Waals surface area contributed by atoms with Gasteiger partial charge in [0.2, 0.25) is 0 Å². The van der Waals surface area contributed by atoms with Gasteiger partial charge in [0.15, 0.2) is 0 Å². The van der Waals surface area contributed by atoms with E-state index in [4.69, 9.17) is 0 Å². The predicted molar refractivity (Wildman–Crippen MR) is 74.8 cm³/mol. The van der Waals surface area contributed by atoms with E-state index in [1.807, 2.05) is 36.4 Å². The van der Waals surface area contributed by atoms with Gasteiger partial charge in [-0.05, 0) is 11.1 Å². The van der Waals surface area contributed by atoms with Crippen molar-refractivity contribution >= 4 is 0 Å². The molecular formula is C17H18O2. The third-order valence-corrected chi connectivity index (χ3v) is 4.44. The summed E-state index contributed by atoms with van der Waals surface area (Å²) in [5.74, 6) is 0.199. The van der Waals surface area contributed by atoms with E-state index in [-0.39, 0.29) is 30.5 Å². The monoisotopic (exact) mass is 254 g/mol. The molecule has 1 aliphatic rings. The summed E-state index contributed by atoms with van der Waals surface area (Å²) in [4.78, 5) is 0. The smallest absolute Gasteiger partial charge is 0.0475 e. The van der Waals surface area contributed by atoms with Crippen molar-refractivity contribution in [3.63, 3.8) is 0 Å². The molecule has 0 radical (unpaired) electrons. The van der Waals surface area contributed by atoms with E-state index in [9.17, 15) is 10.2 Å². The predicted octanol–water partition coefficient (Wildman–Crippen LogP) is 2.20. The highest BCUT2D eigenvalue weighted by molar-refractivity contribution is 5.49. The minimum absolute atomic E-state index is 0.0994. The first-order chi connectivity index (χ1) is 9.35. The van der Waals surface area contributed by atoms with E-state index in [2.05, 4.69) is 24.3 Å². The molecule has 0 amide bonds. The molecule has 1 aliphatic carbocycles.